The van der Waals surface area contributed by atoms with E-state index in [1.807, 2.05) is 0 Å². The summed E-state index contributed by atoms with van der Waals surface area (Å²) in [7, 11) is 0. The summed E-state index contributed by atoms with van der Waals surface area (Å²) < 4.78 is 2.36. The van der Waals surface area contributed by atoms with Crippen molar-refractivity contribution in [2.75, 3.05) is 0 Å². The molecule has 44 heavy (non-hydrogen) atoms. The quantitative estimate of drug-likeness (QED) is 0.223. The third-order valence-corrected chi connectivity index (χ3v) is 9.64. The Morgan fingerprint density at radius 2 is 1.36 bits per heavy atom. The van der Waals surface area contributed by atoms with E-state index in [9.17, 15) is 0 Å². The van der Waals surface area contributed by atoms with Crippen LogP contribution in [0.2, 0.25) is 0 Å². The summed E-state index contributed by atoms with van der Waals surface area (Å²) in [6, 6.07) is 41.8. The Morgan fingerprint density at radius 1 is 0.636 bits per heavy atom. The van der Waals surface area contributed by atoms with E-state index in [1.165, 1.54) is 49.7 Å². The molecule has 6 aromatic rings. The molecule has 0 spiro atoms. The van der Waals surface area contributed by atoms with Crippen molar-refractivity contribution in [1.29, 1.82) is 0 Å². The molecule has 0 amide bonds. The second-order valence-electron chi connectivity index (χ2n) is 12.5. The van der Waals surface area contributed by atoms with Gasteiger partial charge in [0.15, 0.2) is 0 Å². The predicted octanol–water partition coefficient (Wildman–Crippen LogP) is 9.48. The number of nitrogens with one attached hydrogen (secondary N) is 1. The highest BCUT2D eigenvalue weighted by Crippen LogP contribution is 2.51. The van der Waals surface area contributed by atoms with Crippen molar-refractivity contribution >= 4 is 33.5 Å². The maximum absolute atomic E-state index is 5.41. The smallest absolute Gasteiger partial charge is 0.209 e. The van der Waals surface area contributed by atoms with Gasteiger partial charge in [-0.25, -0.2) is 4.99 Å². The van der Waals surface area contributed by atoms with Gasteiger partial charge in [-0.05, 0) is 51.6 Å². The van der Waals surface area contributed by atoms with Gasteiger partial charge in [-0.3, -0.25) is 4.57 Å². The lowest BCUT2D eigenvalue weighted by atomic mass is 9.82. The van der Waals surface area contributed by atoms with Gasteiger partial charge < -0.3 is 5.32 Å². The van der Waals surface area contributed by atoms with Crippen LogP contribution < -0.4 is 5.32 Å². The summed E-state index contributed by atoms with van der Waals surface area (Å²) in [6.45, 7) is 4.70. The number of hydrogen-bond donors (Lipinski definition) is 1. The van der Waals surface area contributed by atoms with Gasteiger partial charge in [0.2, 0.25) is 5.96 Å². The third kappa shape index (κ3) is 3.59. The molecule has 0 saturated heterocycles. The topological polar surface area (TPSA) is 29.3 Å². The zero-order valence-electron chi connectivity index (χ0n) is 24.8. The van der Waals surface area contributed by atoms with Crippen LogP contribution >= 0.6 is 0 Å². The van der Waals surface area contributed by atoms with Gasteiger partial charge in [-0.15, -0.1) is 0 Å². The highest BCUT2D eigenvalue weighted by atomic mass is 15.2. The SMILES string of the molecule is CC1(C)c2ccccc2-c2cc3c(cc21)c1ccc(-c2ccccc2)cc1n3C1=NC(c2ccccc2)=C2C=CC=CC2N1. The van der Waals surface area contributed by atoms with E-state index in [1.54, 1.807) is 0 Å². The van der Waals surface area contributed by atoms with Gasteiger partial charge in [0, 0.05) is 27.3 Å². The summed E-state index contributed by atoms with van der Waals surface area (Å²) in [5.74, 6) is 0.841. The first-order chi connectivity index (χ1) is 21.6. The number of hydrogen-bond acceptors (Lipinski definition) is 2. The highest BCUT2D eigenvalue weighted by molar-refractivity contribution is 6.17. The normalized spacial score (nSPS) is 17.8. The molecule has 1 atom stereocenters. The average molecular weight is 566 g/mol. The number of rotatable bonds is 2. The first-order valence-corrected chi connectivity index (χ1v) is 15.4. The van der Waals surface area contributed by atoms with Crippen LogP contribution in [-0.2, 0) is 5.41 Å². The van der Waals surface area contributed by atoms with Crippen molar-refractivity contribution in [3.63, 3.8) is 0 Å². The highest BCUT2D eigenvalue weighted by Gasteiger charge is 2.36. The fourth-order valence-electron chi connectivity index (χ4n) is 7.43. The first-order valence-electron chi connectivity index (χ1n) is 15.4. The maximum Gasteiger partial charge on any atom is 0.209 e. The maximum atomic E-state index is 5.41. The van der Waals surface area contributed by atoms with E-state index < -0.39 is 0 Å². The average Bonchev–Trinajstić information content (AvgIpc) is 3.51. The number of aromatic nitrogens is 1. The molecule has 3 aliphatic rings. The lowest BCUT2D eigenvalue weighted by Crippen LogP contribution is -2.42. The summed E-state index contributed by atoms with van der Waals surface area (Å²) in [5, 5.41) is 6.30. The van der Waals surface area contributed by atoms with Crippen LogP contribution in [0.3, 0.4) is 0 Å². The second kappa shape index (κ2) is 9.29. The van der Waals surface area contributed by atoms with Gasteiger partial charge in [-0.1, -0.05) is 135 Å². The first kappa shape index (κ1) is 25.1. The number of benzene rings is 5. The third-order valence-electron chi connectivity index (χ3n) is 9.64. The second-order valence-corrected chi connectivity index (χ2v) is 12.5. The molecule has 1 aliphatic heterocycles. The Kier molecular flexibility index (Phi) is 5.31. The summed E-state index contributed by atoms with van der Waals surface area (Å²) in [4.78, 5) is 5.41. The van der Waals surface area contributed by atoms with E-state index in [0.29, 0.717) is 0 Å². The Morgan fingerprint density at radius 3 is 2.18 bits per heavy atom. The lowest BCUT2D eigenvalue weighted by Gasteiger charge is -2.28. The minimum absolute atomic E-state index is 0.0293. The molecule has 0 saturated carbocycles. The number of aliphatic imine (C=N–C) groups is 1. The molecule has 1 N–H and O–H groups in total. The number of fused-ring (bicyclic) bond motifs is 7. The molecule has 0 fully saturated rings. The zero-order valence-corrected chi connectivity index (χ0v) is 24.8. The molecule has 3 nitrogen and oxygen atoms in total. The molecular weight excluding hydrogens is 534 g/mol. The predicted molar refractivity (Wildman–Crippen MR) is 184 cm³/mol. The molecular formula is C41H31N3. The van der Waals surface area contributed by atoms with E-state index in [4.69, 9.17) is 4.99 Å². The van der Waals surface area contributed by atoms with Gasteiger partial charge in [-0.2, -0.15) is 0 Å². The molecule has 2 aliphatic carbocycles. The van der Waals surface area contributed by atoms with E-state index >= 15 is 0 Å². The Balaban J connectivity index is 1.37. The molecule has 3 heteroatoms. The lowest BCUT2D eigenvalue weighted by molar-refractivity contribution is 0.661. The van der Waals surface area contributed by atoms with Gasteiger partial charge >= 0.3 is 0 Å². The van der Waals surface area contributed by atoms with Gasteiger partial charge in [0.05, 0.1) is 22.8 Å². The van der Waals surface area contributed by atoms with Crippen molar-refractivity contribution in [3.8, 4) is 22.3 Å². The Bertz CT molecular complexity index is 2260. The molecule has 1 unspecified atom stereocenters. The summed E-state index contributed by atoms with van der Waals surface area (Å²) in [6.07, 6.45) is 8.64. The van der Waals surface area contributed by atoms with Crippen LogP contribution in [0.5, 0.6) is 0 Å². The molecule has 2 heterocycles. The molecule has 210 valence electrons. The largest absolute Gasteiger partial charge is 0.345 e. The van der Waals surface area contributed by atoms with Crippen molar-refractivity contribution in [3.05, 3.63) is 162 Å². The fraction of sp³-hybridized carbons (Fsp3) is 0.0976. The molecule has 0 bridgehead atoms. The number of allylic oxidation sites excluding steroid dienone is 2. The molecule has 0 radical (unpaired) electrons. The van der Waals surface area contributed by atoms with Crippen LogP contribution in [0.15, 0.2) is 150 Å². The summed E-state index contributed by atoms with van der Waals surface area (Å²) in [5.41, 5.74) is 13.3. The van der Waals surface area contributed by atoms with E-state index in [2.05, 4.69) is 163 Å². The summed E-state index contributed by atoms with van der Waals surface area (Å²) >= 11 is 0. The number of nitrogens with zero attached hydrogens (tertiary/aromatic N) is 2. The van der Waals surface area contributed by atoms with Crippen molar-refractivity contribution in [1.82, 2.24) is 9.88 Å². The zero-order chi connectivity index (χ0) is 29.4. The van der Waals surface area contributed by atoms with Gasteiger partial charge in [0.1, 0.15) is 0 Å². The van der Waals surface area contributed by atoms with Crippen LogP contribution in [-0.4, -0.2) is 16.6 Å². The molecule has 1 aromatic heterocycles. The van der Waals surface area contributed by atoms with Crippen molar-refractivity contribution in [2.24, 2.45) is 4.99 Å². The Labute approximate surface area is 257 Å². The van der Waals surface area contributed by atoms with Crippen LogP contribution in [0, 0.1) is 0 Å². The van der Waals surface area contributed by atoms with Crippen molar-refractivity contribution < 1.29 is 0 Å². The standard InChI is InChI=1S/C41H31N3/c1-41(2)34-19-11-9-17-29(34)32-25-38-33(24-35(32)41)30-22-21-28(26-13-5-3-6-14-26)23-37(30)44(38)40-42-36-20-12-10-18-31(36)39(43-40)27-15-7-4-8-16-27/h3-25,36H,1-2H3,(H,42,43). The van der Waals surface area contributed by atoms with Crippen LogP contribution in [0.4, 0.5) is 0 Å². The molecule has 9 rings (SSSR count). The van der Waals surface area contributed by atoms with E-state index in [0.717, 1.165) is 28.3 Å². The minimum atomic E-state index is -0.0729. The van der Waals surface area contributed by atoms with E-state index in [-0.39, 0.29) is 11.5 Å². The van der Waals surface area contributed by atoms with Crippen molar-refractivity contribution in [2.45, 2.75) is 25.3 Å². The fourth-order valence-corrected chi connectivity index (χ4v) is 7.43. The monoisotopic (exact) mass is 565 g/mol. The van der Waals surface area contributed by atoms with Crippen LogP contribution in [0.25, 0.3) is 49.8 Å². The van der Waals surface area contributed by atoms with Crippen LogP contribution in [0.1, 0.15) is 30.5 Å². The van der Waals surface area contributed by atoms with Gasteiger partial charge in [0.25, 0.3) is 0 Å². The Hall–Kier alpha value is -5.41. The minimum Gasteiger partial charge on any atom is -0.345 e. The molecule has 5 aromatic carbocycles.